The van der Waals surface area contributed by atoms with Crippen molar-refractivity contribution in [2.75, 3.05) is 0 Å². The van der Waals surface area contributed by atoms with E-state index in [0.717, 1.165) is 11.1 Å². The lowest BCUT2D eigenvalue weighted by atomic mass is 9.83. The molecule has 1 fully saturated rings. The molecule has 0 aliphatic carbocycles. The Hall–Kier alpha value is -2.19. The van der Waals surface area contributed by atoms with E-state index in [-0.39, 0.29) is 22.0 Å². The van der Waals surface area contributed by atoms with Gasteiger partial charge >= 0.3 is 6.03 Å². The Balaban J connectivity index is 2.49. The fourth-order valence-electron chi connectivity index (χ4n) is 4.44. The third kappa shape index (κ3) is 3.62. The minimum Gasteiger partial charge on any atom is -0.331 e. The Morgan fingerprint density at radius 1 is 0.636 bits per heavy atom. The SMILES string of the molecule is CC(C)(C)[Si](C)(C)N1C(=O)N([Si](C)(C)C(C)(C)C)C(c2ccccc2)(c2ccccc2)C1=O. The van der Waals surface area contributed by atoms with Gasteiger partial charge in [0.05, 0.1) is 0 Å². The van der Waals surface area contributed by atoms with Gasteiger partial charge in [0.25, 0.3) is 5.91 Å². The van der Waals surface area contributed by atoms with Crippen molar-refractivity contribution in [1.82, 2.24) is 9.13 Å². The summed E-state index contributed by atoms with van der Waals surface area (Å²) in [6.45, 7) is 21.8. The molecule has 0 saturated carbocycles. The van der Waals surface area contributed by atoms with E-state index in [4.69, 9.17) is 0 Å². The van der Waals surface area contributed by atoms with Crippen molar-refractivity contribution in [2.24, 2.45) is 0 Å². The summed E-state index contributed by atoms with van der Waals surface area (Å²) in [5.74, 6) is -0.0960. The second-order valence-electron chi connectivity index (χ2n) is 12.3. The van der Waals surface area contributed by atoms with Crippen LogP contribution in [0.4, 0.5) is 4.79 Å². The van der Waals surface area contributed by atoms with Gasteiger partial charge in [-0.15, -0.1) is 0 Å². The number of carbonyl (C=O) groups is 2. The maximum absolute atomic E-state index is 14.8. The molecule has 0 radical (unpaired) electrons. The molecule has 3 rings (SSSR count). The third-order valence-corrected chi connectivity index (χ3v) is 18.9. The second kappa shape index (κ2) is 7.95. The summed E-state index contributed by atoms with van der Waals surface area (Å²) < 4.78 is 3.74. The average molecular weight is 481 g/mol. The zero-order valence-electron chi connectivity index (χ0n) is 22.0. The van der Waals surface area contributed by atoms with Crippen LogP contribution in [-0.2, 0) is 10.3 Å². The van der Waals surface area contributed by atoms with Crippen LogP contribution in [0.25, 0.3) is 0 Å². The van der Waals surface area contributed by atoms with Crippen molar-refractivity contribution in [3.63, 3.8) is 0 Å². The molecule has 178 valence electrons. The van der Waals surface area contributed by atoms with Crippen molar-refractivity contribution in [3.05, 3.63) is 71.8 Å². The van der Waals surface area contributed by atoms with Crippen LogP contribution in [0, 0.1) is 0 Å². The van der Waals surface area contributed by atoms with Crippen LogP contribution in [0.3, 0.4) is 0 Å². The van der Waals surface area contributed by atoms with Crippen LogP contribution in [0.15, 0.2) is 60.7 Å². The molecule has 3 amide bonds. The van der Waals surface area contributed by atoms with E-state index in [1.807, 2.05) is 65.2 Å². The molecule has 2 aromatic rings. The van der Waals surface area contributed by atoms with Gasteiger partial charge in [-0.05, 0) is 21.2 Å². The molecule has 0 spiro atoms. The zero-order valence-corrected chi connectivity index (χ0v) is 24.0. The minimum atomic E-state index is -2.52. The second-order valence-corrected chi connectivity index (χ2v) is 22.4. The lowest BCUT2D eigenvalue weighted by Crippen LogP contribution is -2.64. The molecule has 1 aliphatic rings. The third-order valence-electron chi connectivity index (χ3n) is 8.40. The number of hydrogen-bond donors (Lipinski definition) is 0. The van der Waals surface area contributed by atoms with E-state index in [0.29, 0.717) is 0 Å². The van der Waals surface area contributed by atoms with E-state index >= 15 is 0 Å². The summed E-state index contributed by atoms with van der Waals surface area (Å²) >= 11 is 0. The fraction of sp³-hybridized carbons (Fsp3) is 0.481. The molecule has 6 heteroatoms. The molecule has 0 aromatic heterocycles. The standard InChI is InChI=1S/C27H40N2O2Si2/c1-25(2,3)32(7,8)28-23(30)27(21-17-13-11-14-18-21,22-19-15-12-16-20-22)29(24(28)31)33(9,10)26(4,5)6/h11-20H,1-10H3. The highest BCUT2D eigenvalue weighted by atomic mass is 28.3. The minimum absolute atomic E-state index is 0.0960. The van der Waals surface area contributed by atoms with E-state index in [1.54, 1.807) is 4.57 Å². The highest BCUT2D eigenvalue weighted by Gasteiger charge is 2.68. The molecule has 1 saturated heterocycles. The normalized spacial score (nSPS) is 17.6. The Labute approximate surface area is 202 Å². The first-order valence-electron chi connectivity index (χ1n) is 11.8. The number of rotatable bonds is 4. The summed E-state index contributed by atoms with van der Waals surface area (Å²) in [5.41, 5.74) is 0.555. The molecule has 0 atom stereocenters. The number of hydrogen-bond acceptors (Lipinski definition) is 2. The number of urea groups is 1. The topological polar surface area (TPSA) is 40.6 Å². The van der Waals surface area contributed by atoms with Gasteiger partial charge in [-0.2, -0.15) is 0 Å². The monoisotopic (exact) mass is 480 g/mol. The van der Waals surface area contributed by atoms with E-state index in [2.05, 4.69) is 67.7 Å². The van der Waals surface area contributed by atoms with Gasteiger partial charge in [-0.1, -0.05) is 128 Å². The quantitative estimate of drug-likeness (QED) is 0.343. The molecule has 0 N–H and O–H groups in total. The van der Waals surface area contributed by atoms with Gasteiger partial charge in [0, 0.05) is 0 Å². The van der Waals surface area contributed by atoms with Gasteiger partial charge in [-0.25, -0.2) is 4.79 Å². The van der Waals surface area contributed by atoms with Crippen LogP contribution in [0.5, 0.6) is 0 Å². The molecule has 4 nitrogen and oxygen atoms in total. The van der Waals surface area contributed by atoms with Gasteiger partial charge in [0.15, 0.2) is 22.0 Å². The maximum Gasteiger partial charge on any atom is 0.311 e. The highest BCUT2D eigenvalue weighted by molar-refractivity contribution is 6.85. The Morgan fingerprint density at radius 3 is 1.33 bits per heavy atom. The lowest BCUT2D eigenvalue weighted by molar-refractivity contribution is -0.128. The van der Waals surface area contributed by atoms with Crippen molar-refractivity contribution in [2.45, 2.75) is 83.3 Å². The predicted octanol–water partition coefficient (Wildman–Crippen LogP) is 7.20. The van der Waals surface area contributed by atoms with E-state index in [1.165, 1.54) is 0 Å². The van der Waals surface area contributed by atoms with Gasteiger partial charge in [-0.3, -0.25) is 9.36 Å². The molecule has 0 bridgehead atoms. The zero-order chi connectivity index (χ0) is 25.0. The number of amides is 3. The average Bonchev–Trinajstić information content (AvgIpc) is 2.96. The van der Waals surface area contributed by atoms with Crippen LogP contribution in [-0.4, -0.2) is 37.5 Å². The number of carbonyl (C=O) groups excluding carboxylic acids is 2. The van der Waals surface area contributed by atoms with Crippen LogP contribution >= 0.6 is 0 Å². The van der Waals surface area contributed by atoms with Crippen LogP contribution < -0.4 is 0 Å². The molecule has 0 unspecified atom stereocenters. The van der Waals surface area contributed by atoms with Gasteiger partial charge in [0.2, 0.25) is 0 Å². The van der Waals surface area contributed by atoms with Crippen LogP contribution in [0.2, 0.25) is 36.3 Å². The number of nitrogens with zero attached hydrogens (tertiary/aromatic N) is 2. The highest BCUT2D eigenvalue weighted by Crippen LogP contribution is 2.54. The van der Waals surface area contributed by atoms with Crippen molar-refractivity contribution < 1.29 is 9.59 Å². The lowest BCUT2D eigenvalue weighted by Gasteiger charge is -2.50. The molecule has 1 heterocycles. The summed E-state index contributed by atoms with van der Waals surface area (Å²) in [6.07, 6.45) is 0. The van der Waals surface area contributed by atoms with E-state index in [9.17, 15) is 9.59 Å². The summed E-state index contributed by atoms with van der Waals surface area (Å²) in [7, 11) is -5.03. The molecule has 1 aliphatic heterocycles. The predicted molar refractivity (Wildman–Crippen MR) is 142 cm³/mol. The Bertz CT molecular complexity index is 996. The molecular formula is C27H40N2O2Si2. The first-order valence-corrected chi connectivity index (χ1v) is 17.7. The number of imide groups is 1. The van der Waals surface area contributed by atoms with Gasteiger partial charge < -0.3 is 4.57 Å². The summed E-state index contributed by atoms with van der Waals surface area (Å²) in [5, 5.41) is -0.304. The summed E-state index contributed by atoms with van der Waals surface area (Å²) in [6, 6.07) is 19.7. The van der Waals surface area contributed by atoms with E-state index < -0.39 is 22.0 Å². The maximum atomic E-state index is 14.8. The Morgan fingerprint density at radius 2 is 1.00 bits per heavy atom. The molecule has 33 heavy (non-hydrogen) atoms. The molecule has 2 aromatic carbocycles. The van der Waals surface area contributed by atoms with Crippen molar-refractivity contribution in [3.8, 4) is 0 Å². The van der Waals surface area contributed by atoms with Gasteiger partial charge in [0.1, 0.15) is 0 Å². The Kier molecular flexibility index (Phi) is 6.12. The number of benzene rings is 2. The summed E-state index contributed by atoms with van der Waals surface area (Å²) in [4.78, 5) is 29.4. The molecular weight excluding hydrogens is 440 g/mol. The smallest absolute Gasteiger partial charge is 0.311 e. The first kappa shape index (κ1) is 25.4. The fourth-order valence-corrected chi connectivity index (χ4v) is 8.90. The first-order chi connectivity index (χ1) is 15.0. The van der Waals surface area contributed by atoms with Crippen molar-refractivity contribution >= 4 is 28.4 Å². The van der Waals surface area contributed by atoms with Crippen molar-refractivity contribution in [1.29, 1.82) is 0 Å². The largest absolute Gasteiger partial charge is 0.331 e. The van der Waals surface area contributed by atoms with Crippen LogP contribution in [0.1, 0.15) is 52.7 Å².